The highest BCUT2D eigenvalue weighted by Gasteiger charge is 2.20. The normalized spacial score (nSPS) is 18.3. The van der Waals surface area contributed by atoms with Crippen LogP contribution in [0.3, 0.4) is 0 Å². The SMILES string of the molecule is Brc1cc2c(cc1CN1CCN(Cc3ccccn3)CC1)OCCO2. The number of benzene rings is 1. The Morgan fingerprint density at radius 3 is 2.28 bits per heavy atom. The van der Waals surface area contributed by atoms with E-state index < -0.39 is 0 Å². The van der Waals surface area contributed by atoms with Gasteiger partial charge in [-0.3, -0.25) is 14.8 Å². The molecule has 0 saturated carbocycles. The maximum absolute atomic E-state index is 5.71. The van der Waals surface area contributed by atoms with Crippen molar-refractivity contribution in [2.75, 3.05) is 39.4 Å². The lowest BCUT2D eigenvalue weighted by Crippen LogP contribution is -2.45. The number of ether oxygens (including phenoxy) is 2. The molecule has 25 heavy (non-hydrogen) atoms. The first-order chi connectivity index (χ1) is 12.3. The number of hydrogen-bond acceptors (Lipinski definition) is 5. The van der Waals surface area contributed by atoms with Crippen LogP contribution in [0, 0.1) is 0 Å². The molecule has 0 spiro atoms. The summed E-state index contributed by atoms with van der Waals surface area (Å²) in [5.41, 5.74) is 2.40. The minimum Gasteiger partial charge on any atom is -0.486 e. The topological polar surface area (TPSA) is 37.8 Å². The van der Waals surface area contributed by atoms with E-state index in [0.29, 0.717) is 13.2 Å². The van der Waals surface area contributed by atoms with Gasteiger partial charge in [0.2, 0.25) is 0 Å². The van der Waals surface area contributed by atoms with Crippen molar-refractivity contribution in [3.05, 3.63) is 52.3 Å². The second-order valence-corrected chi connectivity index (χ2v) is 7.31. The second kappa shape index (κ2) is 7.72. The summed E-state index contributed by atoms with van der Waals surface area (Å²) in [7, 11) is 0. The van der Waals surface area contributed by atoms with Gasteiger partial charge in [-0.1, -0.05) is 22.0 Å². The maximum atomic E-state index is 5.71. The van der Waals surface area contributed by atoms with E-state index in [1.165, 1.54) is 5.56 Å². The van der Waals surface area contributed by atoms with Crippen LogP contribution in [0.4, 0.5) is 0 Å². The summed E-state index contributed by atoms with van der Waals surface area (Å²) in [5.74, 6) is 1.69. The van der Waals surface area contributed by atoms with Crippen LogP contribution >= 0.6 is 15.9 Å². The fourth-order valence-electron chi connectivity index (χ4n) is 3.29. The Labute approximate surface area is 156 Å². The van der Waals surface area contributed by atoms with Crippen LogP contribution in [-0.4, -0.2) is 54.2 Å². The van der Waals surface area contributed by atoms with Crippen LogP contribution in [0.1, 0.15) is 11.3 Å². The highest BCUT2D eigenvalue weighted by Crippen LogP contribution is 2.36. The summed E-state index contributed by atoms with van der Waals surface area (Å²) in [6.45, 7) is 7.37. The third kappa shape index (κ3) is 4.14. The van der Waals surface area contributed by atoms with Crippen molar-refractivity contribution < 1.29 is 9.47 Å². The molecule has 2 aliphatic heterocycles. The molecule has 1 aromatic carbocycles. The third-order valence-electron chi connectivity index (χ3n) is 4.68. The minimum absolute atomic E-state index is 0.622. The fourth-order valence-corrected chi connectivity index (χ4v) is 3.74. The standard InChI is InChI=1S/C19H22BrN3O2/c20-17-12-19-18(24-9-10-25-19)11-15(17)13-22-5-7-23(8-6-22)14-16-3-1-2-4-21-16/h1-4,11-12H,5-10,13-14H2. The van der Waals surface area contributed by atoms with Gasteiger partial charge in [0.1, 0.15) is 13.2 Å². The number of halogens is 1. The van der Waals surface area contributed by atoms with Crippen LogP contribution in [0.5, 0.6) is 11.5 Å². The van der Waals surface area contributed by atoms with Crippen molar-refractivity contribution in [1.82, 2.24) is 14.8 Å². The maximum Gasteiger partial charge on any atom is 0.162 e. The molecule has 1 aromatic heterocycles. The molecule has 1 saturated heterocycles. The molecule has 5 nitrogen and oxygen atoms in total. The minimum atomic E-state index is 0.622. The zero-order chi connectivity index (χ0) is 17.1. The number of fused-ring (bicyclic) bond motifs is 1. The smallest absolute Gasteiger partial charge is 0.162 e. The lowest BCUT2D eigenvalue weighted by Gasteiger charge is -2.34. The molecule has 132 valence electrons. The summed E-state index contributed by atoms with van der Waals surface area (Å²) >= 11 is 3.68. The van der Waals surface area contributed by atoms with Crippen molar-refractivity contribution in [3.8, 4) is 11.5 Å². The number of aromatic nitrogens is 1. The molecule has 2 aromatic rings. The van der Waals surface area contributed by atoms with E-state index in [1.807, 2.05) is 18.3 Å². The van der Waals surface area contributed by atoms with Gasteiger partial charge in [-0.05, 0) is 29.8 Å². The van der Waals surface area contributed by atoms with Gasteiger partial charge >= 0.3 is 0 Å². The molecule has 0 radical (unpaired) electrons. The van der Waals surface area contributed by atoms with E-state index in [4.69, 9.17) is 9.47 Å². The largest absolute Gasteiger partial charge is 0.486 e. The zero-order valence-electron chi connectivity index (χ0n) is 14.2. The van der Waals surface area contributed by atoms with Gasteiger partial charge in [0.15, 0.2) is 11.5 Å². The number of rotatable bonds is 4. The highest BCUT2D eigenvalue weighted by atomic mass is 79.9. The first kappa shape index (κ1) is 16.8. The Hall–Kier alpha value is -1.63. The molecule has 0 N–H and O–H groups in total. The summed E-state index contributed by atoms with van der Waals surface area (Å²) in [6, 6.07) is 10.3. The molecule has 0 amide bonds. The van der Waals surface area contributed by atoms with Gasteiger partial charge in [0.05, 0.1) is 5.69 Å². The quantitative estimate of drug-likeness (QED) is 0.784. The van der Waals surface area contributed by atoms with Crippen LogP contribution in [0.25, 0.3) is 0 Å². The molecule has 0 atom stereocenters. The third-order valence-corrected chi connectivity index (χ3v) is 5.42. The van der Waals surface area contributed by atoms with Gasteiger partial charge in [-0.2, -0.15) is 0 Å². The van der Waals surface area contributed by atoms with Crippen molar-refractivity contribution in [2.45, 2.75) is 13.1 Å². The van der Waals surface area contributed by atoms with Crippen molar-refractivity contribution in [2.24, 2.45) is 0 Å². The lowest BCUT2D eigenvalue weighted by molar-refractivity contribution is 0.120. The summed E-state index contributed by atoms with van der Waals surface area (Å²) in [6.07, 6.45) is 1.87. The molecule has 3 heterocycles. The van der Waals surface area contributed by atoms with E-state index in [0.717, 1.165) is 60.9 Å². The van der Waals surface area contributed by atoms with Gasteiger partial charge in [-0.15, -0.1) is 0 Å². The zero-order valence-corrected chi connectivity index (χ0v) is 15.7. The summed E-state index contributed by atoms with van der Waals surface area (Å²) in [4.78, 5) is 9.39. The van der Waals surface area contributed by atoms with Gasteiger partial charge in [0, 0.05) is 49.9 Å². The first-order valence-electron chi connectivity index (χ1n) is 8.70. The predicted molar refractivity (Wildman–Crippen MR) is 99.9 cm³/mol. The molecule has 6 heteroatoms. The summed E-state index contributed by atoms with van der Waals surface area (Å²) < 4.78 is 12.4. The van der Waals surface area contributed by atoms with E-state index >= 15 is 0 Å². The Kier molecular flexibility index (Phi) is 5.20. The van der Waals surface area contributed by atoms with Gasteiger partial charge in [-0.25, -0.2) is 0 Å². The predicted octanol–water partition coefficient (Wildman–Crippen LogP) is 2.93. The monoisotopic (exact) mass is 403 g/mol. The number of hydrogen-bond donors (Lipinski definition) is 0. The second-order valence-electron chi connectivity index (χ2n) is 6.46. The summed E-state index contributed by atoms with van der Waals surface area (Å²) in [5, 5.41) is 0. The van der Waals surface area contributed by atoms with E-state index in [1.54, 1.807) is 0 Å². The Morgan fingerprint density at radius 1 is 0.920 bits per heavy atom. The van der Waals surface area contributed by atoms with Crippen molar-refractivity contribution in [3.63, 3.8) is 0 Å². The Bertz CT molecular complexity index is 718. The number of piperazine rings is 1. The average molecular weight is 404 g/mol. The molecule has 2 aliphatic rings. The van der Waals surface area contributed by atoms with E-state index in [-0.39, 0.29) is 0 Å². The average Bonchev–Trinajstić information content (AvgIpc) is 2.65. The molecule has 0 bridgehead atoms. The molecule has 0 aliphatic carbocycles. The highest BCUT2D eigenvalue weighted by molar-refractivity contribution is 9.10. The van der Waals surface area contributed by atoms with E-state index in [9.17, 15) is 0 Å². The van der Waals surface area contributed by atoms with Crippen molar-refractivity contribution in [1.29, 1.82) is 0 Å². The first-order valence-corrected chi connectivity index (χ1v) is 9.50. The molecular formula is C19H22BrN3O2. The Balaban J connectivity index is 1.34. The molecule has 1 fully saturated rings. The van der Waals surface area contributed by atoms with Crippen LogP contribution in [0.2, 0.25) is 0 Å². The molecule has 0 unspecified atom stereocenters. The fraction of sp³-hybridized carbons (Fsp3) is 0.421. The van der Waals surface area contributed by atoms with Gasteiger partial charge < -0.3 is 9.47 Å². The van der Waals surface area contributed by atoms with Crippen molar-refractivity contribution >= 4 is 15.9 Å². The molecular weight excluding hydrogens is 382 g/mol. The lowest BCUT2D eigenvalue weighted by atomic mass is 10.1. The number of pyridine rings is 1. The number of nitrogens with zero attached hydrogens (tertiary/aromatic N) is 3. The van der Waals surface area contributed by atoms with Crippen LogP contribution in [-0.2, 0) is 13.1 Å². The Morgan fingerprint density at radius 2 is 1.60 bits per heavy atom. The molecule has 4 rings (SSSR count). The van der Waals surface area contributed by atoms with E-state index in [2.05, 4.69) is 48.9 Å². The van der Waals surface area contributed by atoms with Crippen LogP contribution < -0.4 is 9.47 Å². The van der Waals surface area contributed by atoms with Crippen LogP contribution in [0.15, 0.2) is 41.0 Å². The van der Waals surface area contributed by atoms with Gasteiger partial charge in [0.25, 0.3) is 0 Å².